The van der Waals surface area contributed by atoms with Crippen LogP contribution >= 0.6 is 0 Å². The molecule has 1 rings (SSSR count). The third kappa shape index (κ3) is 1.60. The molecule has 12 heavy (non-hydrogen) atoms. The number of hydrogen-bond donors (Lipinski definition) is 1. The van der Waals surface area contributed by atoms with Crippen molar-refractivity contribution < 1.29 is 4.79 Å². The summed E-state index contributed by atoms with van der Waals surface area (Å²) in [6, 6.07) is 0. The van der Waals surface area contributed by atoms with Gasteiger partial charge in [-0.3, -0.25) is 4.79 Å². The van der Waals surface area contributed by atoms with E-state index < -0.39 is 0 Å². The highest BCUT2D eigenvalue weighted by Crippen LogP contribution is 2.18. The number of likely N-dealkylation sites (tertiary alicyclic amines) is 1. The summed E-state index contributed by atoms with van der Waals surface area (Å²) in [4.78, 5) is 13.3. The Hall–Kier alpha value is -0.990. The van der Waals surface area contributed by atoms with Gasteiger partial charge in [-0.15, -0.1) is 0 Å². The third-order valence-corrected chi connectivity index (χ3v) is 2.29. The number of nitrogens with two attached hydrogens (primary N) is 1. The van der Waals surface area contributed by atoms with Crippen molar-refractivity contribution in [1.82, 2.24) is 4.90 Å². The molecule has 1 heterocycles. The zero-order chi connectivity index (χ0) is 9.14. The predicted molar refractivity (Wildman–Crippen MR) is 48.4 cm³/mol. The molecule has 0 bridgehead atoms. The fourth-order valence-corrected chi connectivity index (χ4v) is 1.44. The van der Waals surface area contributed by atoms with Gasteiger partial charge in [0, 0.05) is 24.9 Å². The normalized spacial score (nSPS) is 22.8. The van der Waals surface area contributed by atoms with E-state index in [1.165, 1.54) is 0 Å². The van der Waals surface area contributed by atoms with Crippen LogP contribution in [-0.4, -0.2) is 24.4 Å². The Morgan fingerprint density at radius 1 is 1.67 bits per heavy atom. The first-order valence-corrected chi connectivity index (χ1v) is 4.39. The standard InChI is InChI=1S/C9H16N2O/c1-3-8(10)7-5-4-6-11(2)9(7)12/h3-6,10H2,1-2H3/b8-7+. The Kier molecular flexibility index (Phi) is 2.74. The number of allylic oxidation sites excluding steroid dienone is 1. The van der Waals surface area contributed by atoms with E-state index in [-0.39, 0.29) is 5.91 Å². The molecule has 0 atom stereocenters. The predicted octanol–water partition coefficient (Wildman–Crippen LogP) is 0.861. The SMILES string of the molecule is CC/C(N)=C1/CCCN(C)C1=O. The molecule has 1 saturated heterocycles. The first-order valence-electron chi connectivity index (χ1n) is 4.39. The maximum Gasteiger partial charge on any atom is 0.251 e. The number of hydrogen-bond acceptors (Lipinski definition) is 2. The number of piperidine rings is 1. The molecule has 0 aliphatic carbocycles. The van der Waals surface area contributed by atoms with Gasteiger partial charge in [0.1, 0.15) is 0 Å². The molecular weight excluding hydrogens is 152 g/mol. The molecule has 1 fully saturated rings. The maximum absolute atomic E-state index is 11.5. The number of amides is 1. The van der Waals surface area contributed by atoms with E-state index in [1.54, 1.807) is 4.90 Å². The Morgan fingerprint density at radius 3 is 2.92 bits per heavy atom. The lowest BCUT2D eigenvalue weighted by atomic mass is 10.0. The first-order chi connectivity index (χ1) is 5.66. The minimum atomic E-state index is 0.112. The summed E-state index contributed by atoms with van der Waals surface area (Å²) in [5.74, 6) is 0.112. The van der Waals surface area contributed by atoms with Gasteiger partial charge in [0.2, 0.25) is 0 Å². The Bertz CT molecular complexity index is 221. The molecule has 0 saturated carbocycles. The van der Waals surface area contributed by atoms with Crippen LogP contribution in [-0.2, 0) is 4.79 Å². The highest BCUT2D eigenvalue weighted by molar-refractivity contribution is 5.94. The van der Waals surface area contributed by atoms with Gasteiger partial charge in [-0.25, -0.2) is 0 Å². The van der Waals surface area contributed by atoms with E-state index in [9.17, 15) is 4.79 Å². The molecule has 3 nitrogen and oxygen atoms in total. The van der Waals surface area contributed by atoms with Gasteiger partial charge in [0.25, 0.3) is 5.91 Å². The van der Waals surface area contributed by atoms with E-state index >= 15 is 0 Å². The van der Waals surface area contributed by atoms with E-state index in [1.807, 2.05) is 14.0 Å². The quantitative estimate of drug-likeness (QED) is 0.590. The van der Waals surface area contributed by atoms with Crippen LogP contribution in [0.4, 0.5) is 0 Å². The van der Waals surface area contributed by atoms with Gasteiger partial charge in [0.05, 0.1) is 0 Å². The topological polar surface area (TPSA) is 46.3 Å². The van der Waals surface area contributed by atoms with Gasteiger partial charge in [-0.05, 0) is 19.3 Å². The summed E-state index contributed by atoms with van der Waals surface area (Å²) in [7, 11) is 1.82. The van der Waals surface area contributed by atoms with Crippen molar-refractivity contribution in [3.05, 3.63) is 11.3 Å². The number of carbonyl (C=O) groups excluding carboxylic acids is 1. The molecule has 0 unspecified atom stereocenters. The first kappa shape index (κ1) is 9.10. The van der Waals surface area contributed by atoms with Crippen molar-refractivity contribution in [2.24, 2.45) is 5.73 Å². The van der Waals surface area contributed by atoms with E-state index in [0.717, 1.165) is 37.1 Å². The van der Waals surface area contributed by atoms with Gasteiger partial charge >= 0.3 is 0 Å². The van der Waals surface area contributed by atoms with Crippen LogP contribution in [0.5, 0.6) is 0 Å². The molecular formula is C9H16N2O. The molecule has 0 aromatic carbocycles. The monoisotopic (exact) mass is 168 g/mol. The largest absolute Gasteiger partial charge is 0.402 e. The molecule has 1 aliphatic heterocycles. The molecule has 0 aromatic rings. The lowest BCUT2D eigenvalue weighted by Gasteiger charge is -2.25. The van der Waals surface area contributed by atoms with Gasteiger partial charge in [-0.1, -0.05) is 6.92 Å². The Morgan fingerprint density at radius 2 is 2.33 bits per heavy atom. The number of likely N-dealkylation sites (N-methyl/N-ethyl adjacent to an activating group) is 1. The fourth-order valence-electron chi connectivity index (χ4n) is 1.44. The molecule has 68 valence electrons. The molecule has 2 N–H and O–H groups in total. The summed E-state index contributed by atoms with van der Waals surface area (Å²) in [5, 5.41) is 0. The average molecular weight is 168 g/mol. The van der Waals surface area contributed by atoms with Crippen molar-refractivity contribution in [2.75, 3.05) is 13.6 Å². The van der Waals surface area contributed by atoms with Crippen molar-refractivity contribution in [2.45, 2.75) is 26.2 Å². The lowest BCUT2D eigenvalue weighted by molar-refractivity contribution is -0.127. The van der Waals surface area contributed by atoms with Gasteiger partial charge < -0.3 is 10.6 Å². The number of nitrogens with zero attached hydrogens (tertiary/aromatic N) is 1. The van der Waals surface area contributed by atoms with Crippen LogP contribution in [0.2, 0.25) is 0 Å². The average Bonchev–Trinajstić information content (AvgIpc) is 2.08. The fraction of sp³-hybridized carbons (Fsp3) is 0.667. The number of rotatable bonds is 1. The van der Waals surface area contributed by atoms with Gasteiger partial charge in [0.15, 0.2) is 0 Å². The zero-order valence-corrected chi connectivity index (χ0v) is 7.76. The summed E-state index contributed by atoms with van der Waals surface area (Å²) in [5.41, 5.74) is 7.31. The summed E-state index contributed by atoms with van der Waals surface area (Å²) in [6.45, 7) is 2.84. The van der Waals surface area contributed by atoms with Crippen molar-refractivity contribution in [1.29, 1.82) is 0 Å². The third-order valence-electron chi connectivity index (χ3n) is 2.29. The maximum atomic E-state index is 11.5. The molecule has 0 aromatic heterocycles. The Labute approximate surface area is 73.2 Å². The molecule has 3 heteroatoms. The van der Waals surface area contributed by atoms with Crippen molar-refractivity contribution in [3.8, 4) is 0 Å². The molecule has 1 amide bonds. The smallest absolute Gasteiger partial charge is 0.251 e. The van der Waals surface area contributed by atoms with Gasteiger partial charge in [-0.2, -0.15) is 0 Å². The molecule has 0 spiro atoms. The highest BCUT2D eigenvalue weighted by Gasteiger charge is 2.21. The summed E-state index contributed by atoms with van der Waals surface area (Å²) < 4.78 is 0. The number of carbonyl (C=O) groups is 1. The second-order valence-electron chi connectivity index (χ2n) is 3.19. The lowest BCUT2D eigenvalue weighted by Crippen LogP contribution is -2.34. The second-order valence-corrected chi connectivity index (χ2v) is 3.19. The van der Waals surface area contributed by atoms with Crippen molar-refractivity contribution in [3.63, 3.8) is 0 Å². The van der Waals surface area contributed by atoms with E-state index in [2.05, 4.69) is 0 Å². The van der Waals surface area contributed by atoms with E-state index in [4.69, 9.17) is 5.73 Å². The summed E-state index contributed by atoms with van der Waals surface area (Å²) >= 11 is 0. The highest BCUT2D eigenvalue weighted by atomic mass is 16.2. The van der Waals surface area contributed by atoms with Crippen LogP contribution in [0.1, 0.15) is 26.2 Å². The van der Waals surface area contributed by atoms with Crippen LogP contribution in [0, 0.1) is 0 Å². The zero-order valence-electron chi connectivity index (χ0n) is 7.76. The van der Waals surface area contributed by atoms with Crippen LogP contribution in [0.25, 0.3) is 0 Å². The minimum absolute atomic E-state index is 0.112. The van der Waals surface area contributed by atoms with Crippen LogP contribution in [0.15, 0.2) is 11.3 Å². The molecule has 0 radical (unpaired) electrons. The molecule has 1 aliphatic rings. The van der Waals surface area contributed by atoms with Crippen molar-refractivity contribution >= 4 is 5.91 Å². The Balaban J connectivity index is 2.83. The minimum Gasteiger partial charge on any atom is -0.402 e. The van der Waals surface area contributed by atoms with Crippen LogP contribution in [0.3, 0.4) is 0 Å². The summed E-state index contributed by atoms with van der Waals surface area (Å²) in [6.07, 6.45) is 2.66. The second kappa shape index (κ2) is 3.61. The van der Waals surface area contributed by atoms with Crippen LogP contribution < -0.4 is 5.73 Å². The van der Waals surface area contributed by atoms with E-state index in [0.29, 0.717) is 0 Å².